The number of aldehydes is 1. The molecule has 0 bridgehead atoms. The molecule has 0 aliphatic heterocycles. The SMILES string of the molecule is CCc1nn(C)c(COc2c(C=O)cccc2OC)c1Cl. The molecule has 21 heavy (non-hydrogen) atoms. The summed E-state index contributed by atoms with van der Waals surface area (Å²) >= 11 is 6.28. The number of methoxy groups -OCH3 is 1. The summed E-state index contributed by atoms with van der Waals surface area (Å²) in [5, 5.41) is 4.93. The first kappa shape index (κ1) is 15.4. The van der Waals surface area contributed by atoms with Crippen molar-refractivity contribution in [1.82, 2.24) is 9.78 Å². The summed E-state index contributed by atoms with van der Waals surface area (Å²) in [6.45, 7) is 2.20. The molecular weight excluding hydrogens is 292 g/mol. The van der Waals surface area contributed by atoms with E-state index in [1.54, 1.807) is 22.9 Å². The summed E-state index contributed by atoms with van der Waals surface area (Å²) in [5.41, 5.74) is 2.02. The highest BCUT2D eigenvalue weighted by Gasteiger charge is 2.16. The molecule has 0 saturated carbocycles. The van der Waals surface area contributed by atoms with Gasteiger partial charge in [-0.15, -0.1) is 0 Å². The molecule has 1 heterocycles. The Hall–Kier alpha value is -2.01. The van der Waals surface area contributed by atoms with Crippen LogP contribution in [0.15, 0.2) is 18.2 Å². The molecule has 0 aliphatic carbocycles. The van der Waals surface area contributed by atoms with Gasteiger partial charge in [-0.1, -0.05) is 24.6 Å². The predicted octanol–water partition coefficient (Wildman–Crippen LogP) is 3.04. The lowest BCUT2D eigenvalue weighted by molar-refractivity contribution is 0.111. The summed E-state index contributed by atoms with van der Waals surface area (Å²) in [5.74, 6) is 0.916. The molecule has 0 spiro atoms. The van der Waals surface area contributed by atoms with Crippen molar-refractivity contribution < 1.29 is 14.3 Å². The fourth-order valence-corrected chi connectivity index (χ4v) is 2.41. The maximum atomic E-state index is 11.1. The van der Waals surface area contributed by atoms with Crippen LogP contribution in [0, 0.1) is 0 Å². The van der Waals surface area contributed by atoms with Gasteiger partial charge < -0.3 is 9.47 Å². The smallest absolute Gasteiger partial charge is 0.172 e. The topological polar surface area (TPSA) is 53.4 Å². The average Bonchev–Trinajstić information content (AvgIpc) is 2.78. The number of hydrogen-bond acceptors (Lipinski definition) is 4. The molecule has 0 amide bonds. The zero-order valence-electron chi connectivity index (χ0n) is 12.2. The van der Waals surface area contributed by atoms with Crippen LogP contribution in [0.4, 0.5) is 0 Å². The quantitative estimate of drug-likeness (QED) is 0.770. The van der Waals surface area contributed by atoms with E-state index in [2.05, 4.69) is 5.10 Å². The second-order valence-corrected chi connectivity index (χ2v) is 4.85. The third-order valence-electron chi connectivity index (χ3n) is 3.21. The van der Waals surface area contributed by atoms with Crippen molar-refractivity contribution in [1.29, 1.82) is 0 Å². The first-order valence-corrected chi connectivity index (χ1v) is 6.95. The fourth-order valence-electron chi connectivity index (χ4n) is 2.06. The number of carbonyl (C=O) groups is 1. The number of aromatic nitrogens is 2. The molecule has 6 heteroatoms. The van der Waals surface area contributed by atoms with Gasteiger partial charge in [-0.25, -0.2) is 0 Å². The molecule has 2 rings (SSSR count). The molecule has 0 unspecified atom stereocenters. The van der Waals surface area contributed by atoms with Gasteiger partial charge in [-0.2, -0.15) is 5.10 Å². The maximum absolute atomic E-state index is 11.1. The number of halogens is 1. The number of ether oxygens (including phenoxy) is 2. The third-order valence-corrected chi connectivity index (χ3v) is 3.65. The zero-order valence-corrected chi connectivity index (χ0v) is 13.0. The number of nitrogens with zero attached hydrogens (tertiary/aromatic N) is 2. The summed E-state index contributed by atoms with van der Waals surface area (Å²) in [4.78, 5) is 11.1. The second-order valence-electron chi connectivity index (χ2n) is 4.47. The van der Waals surface area contributed by atoms with Gasteiger partial charge in [-0.3, -0.25) is 9.48 Å². The maximum Gasteiger partial charge on any atom is 0.172 e. The summed E-state index contributed by atoms with van der Waals surface area (Å²) in [6, 6.07) is 5.15. The third kappa shape index (κ3) is 3.03. The molecule has 0 radical (unpaired) electrons. The lowest BCUT2D eigenvalue weighted by Gasteiger charge is -2.12. The van der Waals surface area contributed by atoms with E-state index in [9.17, 15) is 4.79 Å². The number of aryl methyl sites for hydroxylation is 2. The van der Waals surface area contributed by atoms with Crippen LogP contribution in [-0.2, 0) is 20.1 Å². The first-order valence-electron chi connectivity index (χ1n) is 6.57. The highest BCUT2D eigenvalue weighted by atomic mass is 35.5. The van der Waals surface area contributed by atoms with Crippen molar-refractivity contribution in [3.05, 3.63) is 40.2 Å². The number of para-hydroxylation sites is 1. The van der Waals surface area contributed by atoms with Crippen LogP contribution in [0.25, 0.3) is 0 Å². The molecule has 0 fully saturated rings. The van der Waals surface area contributed by atoms with Crippen LogP contribution in [0.1, 0.15) is 28.7 Å². The van der Waals surface area contributed by atoms with E-state index in [-0.39, 0.29) is 6.61 Å². The van der Waals surface area contributed by atoms with Crippen molar-refractivity contribution in [2.24, 2.45) is 7.05 Å². The van der Waals surface area contributed by atoms with Gasteiger partial charge in [0.2, 0.25) is 0 Å². The molecule has 0 atom stereocenters. The molecule has 5 nitrogen and oxygen atoms in total. The molecule has 2 aromatic rings. The summed E-state index contributed by atoms with van der Waals surface area (Å²) < 4.78 is 12.7. The summed E-state index contributed by atoms with van der Waals surface area (Å²) in [7, 11) is 3.34. The van der Waals surface area contributed by atoms with Gasteiger partial charge in [0.1, 0.15) is 6.61 Å². The Bertz CT molecular complexity index is 653. The van der Waals surface area contributed by atoms with Crippen LogP contribution in [0.3, 0.4) is 0 Å². The lowest BCUT2D eigenvalue weighted by Crippen LogP contribution is -2.05. The number of carbonyl (C=O) groups excluding carboxylic acids is 1. The Morgan fingerprint density at radius 1 is 1.43 bits per heavy atom. The van der Waals surface area contributed by atoms with E-state index in [0.29, 0.717) is 22.1 Å². The number of hydrogen-bond donors (Lipinski definition) is 0. The molecule has 112 valence electrons. The fraction of sp³-hybridized carbons (Fsp3) is 0.333. The van der Waals surface area contributed by atoms with Gasteiger partial charge in [0, 0.05) is 7.05 Å². The van der Waals surface area contributed by atoms with E-state index in [1.807, 2.05) is 14.0 Å². The van der Waals surface area contributed by atoms with E-state index in [1.165, 1.54) is 7.11 Å². The standard InChI is InChI=1S/C15H17ClN2O3/c1-4-11-14(16)12(18(2)17-11)9-21-15-10(8-19)6-5-7-13(15)20-3/h5-8H,4,9H2,1-3H3. The van der Waals surface area contributed by atoms with Crippen LogP contribution in [0.2, 0.25) is 5.02 Å². The molecule has 1 aromatic heterocycles. The van der Waals surface area contributed by atoms with Crippen molar-refractivity contribution >= 4 is 17.9 Å². The molecule has 0 aliphatic rings. The van der Waals surface area contributed by atoms with Gasteiger partial charge in [0.15, 0.2) is 17.8 Å². The average molecular weight is 309 g/mol. The van der Waals surface area contributed by atoms with E-state index < -0.39 is 0 Å². The van der Waals surface area contributed by atoms with Crippen LogP contribution < -0.4 is 9.47 Å². The Labute approximate surface area is 128 Å². The van der Waals surface area contributed by atoms with Gasteiger partial charge in [0.25, 0.3) is 0 Å². The van der Waals surface area contributed by atoms with E-state index >= 15 is 0 Å². The van der Waals surface area contributed by atoms with Gasteiger partial charge in [0.05, 0.1) is 29.1 Å². The Morgan fingerprint density at radius 2 is 2.19 bits per heavy atom. The second kappa shape index (κ2) is 6.63. The zero-order chi connectivity index (χ0) is 15.4. The molecule has 0 N–H and O–H groups in total. The van der Waals surface area contributed by atoms with Crippen molar-refractivity contribution in [2.75, 3.05) is 7.11 Å². The number of rotatable bonds is 6. The van der Waals surface area contributed by atoms with Crippen LogP contribution in [-0.4, -0.2) is 23.2 Å². The van der Waals surface area contributed by atoms with Gasteiger partial charge in [-0.05, 0) is 18.6 Å². The van der Waals surface area contributed by atoms with E-state index in [0.717, 1.165) is 24.1 Å². The van der Waals surface area contributed by atoms with E-state index in [4.69, 9.17) is 21.1 Å². The minimum absolute atomic E-state index is 0.212. The Kier molecular flexibility index (Phi) is 4.85. The predicted molar refractivity (Wildman–Crippen MR) is 80.3 cm³/mol. The highest BCUT2D eigenvalue weighted by molar-refractivity contribution is 6.31. The van der Waals surface area contributed by atoms with Crippen molar-refractivity contribution in [3.8, 4) is 11.5 Å². The lowest BCUT2D eigenvalue weighted by atomic mass is 10.2. The first-order chi connectivity index (χ1) is 10.1. The Morgan fingerprint density at radius 3 is 2.76 bits per heavy atom. The van der Waals surface area contributed by atoms with Gasteiger partial charge >= 0.3 is 0 Å². The molecular formula is C15H17ClN2O3. The molecule has 1 aromatic carbocycles. The molecule has 0 saturated heterocycles. The van der Waals surface area contributed by atoms with Crippen molar-refractivity contribution in [3.63, 3.8) is 0 Å². The normalized spacial score (nSPS) is 10.5. The van der Waals surface area contributed by atoms with Crippen molar-refractivity contribution in [2.45, 2.75) is 20.0 Å². The summed E-state index contributed by atoms with van der Waals surface area (Å²) in [6.07, 6.45) is 1.49. The number of benzene rings is 1. The minimum Gasteiger partial charge on any atom is -0.493 e. The highest BCUT2D eigenvalue weighted by Crippen LogP contribution is 2.31. The minimum atomic E-state index is 0.212. The van der Waals surface area contributed by atoms with Crippen LogP contribution >= 0.6 is 11.6 Å². The monoisotopic (exact) mass is 308 g/mol. The Balaban J connectivity index is 2.28. The van der Waals surface area contributed by atoms with Crippen LogP contribution in [0.5, 0.6) is 11.5 Å². The largest absolute Gasteiger partial charge is 0.493 e.